The number of aromatic amines is 1. The molecule has 1 aromatic carbocycles. The van der Waals surface area contributed by atoms with Gasteiger partial charge in [0, 0.05) is 16.3 Å². The quantitative estimate of drug-likeness (QED) is 0.636. The second-order valence-corrected chi connectivity index (χ2v) is 5.47. The minimum atomic E-state index is -0.382. The Kier molecular flexibility index (Phi) is 3.45. The average Bonchev–Trinajstić information content (AvgIpc) is 3.12. The summed E-state index contributed by atoms with van der Waals surface area (Å²) in [6.45, 7) is 1.99. The van der Waals surface area contributed by atoms with Gasteiger partial charge in [0.1, 0.15) is 5.69 Å². The highest BCUT2D eigenvalue weighted by Gasteiger charge is 2.11. The Morgan fingerprint density at radius 2 is 1.90 bits per heavy atom. The molecule has 0 saturated carbocycles. The van der Waals surface area contributed by atoms with Crippen molar-refractivity contribution in [2.45, 2.75) is 6.92 Å². The van der Waals surface area contributed by atoms with Crippen molar-refractivity contribution < 1.29 is 9.59 Å². The van der Waals surface area contributed by atoms with E-state index in [0.29, 0.717) is 11.3 Å². The number of hydrogen-bond acceptors (Lipinski definition) is 3. The molecule has 0 spiro atoms. The molecule has 6 heteroatoms. The maximum Gasteiger partial charge on any atom is 0.286 e. The summed E-state index contributed by atoms with van der Waals surface area (Å²) in [5.74, 6) is -0.719. The van der Waals surface area contributed by atoms with Crippen LogP contribution in [0.3, 0.4) is 0 Å². The molecule has 0 saturated heterocycles. The first-order valence-corrected chi connectivity index (χ1v) is 7.30. The van der Waals surface area contributed by atoms with Gasteiger partial charge in [-0.15, -0.1) is 0 Å². The van der Waals surface area contributed by atoms with Crippen molar-refractivity contribution in [1.82, 2.24) is 15.8 Å². The van der Waals surface area contributed by atoms with Crippen LogP contribution >= 0.6 is 11.3 Å². The Morgan fingerprint density at radius 1 is 1.10 bits per heavy atom. The Hall–Kier alpha value is -2.60. The highest BCUT2D eigenvalue weighted by molar-refractivity contribution is 7.08. The lowest BCUT2D eigenvalue weighted by Crippen LogP contribution is -2.41. The fraction of sp³-hybridized carbons (Fsp3) is 0.0667. The van der Waals surface area contributed by atoms with Crippen LogP contribution in [0.2, 0.25) is 0 Å². The molecule has 2 heterocycles. The second kappa shape index (κ2) is 5.41. The van der Waals surface area contributed by atoms with Gasteiger partial charge < -0.3 is 4.98 Å². The van der Waals surface area contributed by atoms with Crippen molar-refractivity contribution in [2.24, 2.45) is 0 Å². The van der Waals surface area contributed by atoms with Gasteiger partial charge in [-0.25, -0.2) is 0 Å². The summed E-state index contributed by atoms with van der Waals surface area (Å²) in [6.07, 6.45) is 0. The Labute approximate surface area is 125 Å². The van der Waals surface area contributed by atoms with Crippen molar-refractivity contribution in [1.29, 1.82) is 0 Å². The van der Waals surface area contributed by atoms with E-state index in [1.807, 2.05) is 25.1 Å². The number of hydrazine groups is 1. The van der Waals surface area contributed by atoms with E-state index >= 15 is 0 Å². The van der Waals surface area contributed by atoms with Crippen molar-refractivity contribution >= 4 is 34.1 Å². The maximum atomic E-state index is 12.0. The molecule has 0 aliphatic heterocycles. The molecule has 0 radical (unpaired) electrons. The lowest BCUT2D eigenvalue weighted by atomic mass is 10.2. The Balaban J connectivity index is 1.70. The van der Waals surface area contributed by atoms with E-state index < -0.39 is 0 Å². The number of H-pyrrole nitrogens is 1. The molecule has 106 valence electrons. The summed E-state index contributed by atoms with van der Waals surface area (Å²) in [4.78, 5) is 26.8. The molecular formula is C15H13N3O2S. The third-order valence-corrected chi connectivity index (χ3v) is 3.78. The predicted molar refractivity (Wildman–Crippen MR) is 82.3 cm³/mol. The molecule has 5 nitrogen and oxygen atoms in total. The second-order valence-electron chi connectivity index (χ2n) is 4.69. The number of fused-ring (bicyclic) bond motifs is 1. The summed E-state index contributed by atoms with van der Waals surface area (Å²) in [5.41, 5.74) is 7.72. The fourth-order valence-corrected chi connectivity index (χ4v) is 2.66. The van der Waals surface area contributed by atoms with Gasteiger partial charge in [0.2, 0.25) is 0 Å². The van der Waals surface area contributed by atoms with E-state index in [1.54, 1.807) is 22.9 Å². The van der Waals surface area contributed by atoms with Crippen LogP contribution in [0.25, 0.3) is 10.9 Å². The van der Waals surface area contributed by atoms with Crippen molar-refractivity contribution in [3.8, 4) is 0 Å². The van der Waals surface area contributed by atoms with Gasteiger partial charge in [0.15, 0.2) is 0 Å². The largest absolute Gasteiger partial charge is 0.350 e. The zero-order valence-electron chi connectivity index (χ0n) is 11.3. The van der Waals surface area contributed by atoms with Gasteiger partial charge in [0.05, 0.1) is 5.56 Å². The molecule has 0 fully saturated rings. The molecular weight excluding hydrogens is 286 g/mol. The molecule has 0 aliphatic carbocycles. The van der Waals surface area contributed by atoms with E-state index in [9.17, 15) is 9.59 Å². The molecule has 0 bridgehead atoms. The number of carbonyl (C=O) groups is 2. The summed E-state index contributed by atoms with van der Waals surface area (Å²) in [7, 11) is 0. The third kappa shape index (κ3) is 2.80. The topological polar surface area (TPSA) is 74.0 Å². The molecule has 3 N–H and O–H groups in total. The van der Waals surface area contributed by atoms with E-state index in [-0.39, 0.29) is 11.8 Å². The number of nitrogens with one attached hydrogen (secondary N) is 3. The Bertz CT molecular complexity index is 806. The zero-order chi connectivity index (χ0) is 14.8. The molecule has 2 amide bonds. The van der Waals surface area contributed by atoms with Gasteiger partial charge in [-0.3, -0.25) is 20.4 Å². The van der Waals surface area contributed by atoms with Crippen LogP contribution in [-0.4, -0.2) is 16.8 Å². The van der Waals surface area contributed by atoms with E-state index in [1.165, 1.54) is 11.3 Å². The number of benzene rings is 1. The lowest BCUT2D eigenvalue weighted by Gasteiger charge is -2.04. The number of carbonyl (C=O) groups excluding carboxylic acids is 2. The minimum absolute atomic E-state index is 0.337. The Morgan fingerprint density at radius 3 is 2.67 bits per heavy atom. The smallest absolute Gasteiger partial charge is 0.286 e. The lowest BCUT2D eigenvalue weighted by molar-refractivity contribution is 0.0844. The average molecular weight is 299 g/mol. The number of hydrogen-bond donors (Lipinski definition) is 3. The third-order valence-electron chi connectivity index (χ3n) is 3.09. The number of thiophene rings is 1. The number of rotatable bonds is 2. The standard InChI is InChI=1S/C15H13N3O2S/c1-9-2-3-12-11(6-9)7-13(16-12)15(20)18-17-14(19)10-4-5-21-8-10/h2-8,16H,1H3,(H,17,19)(H,18,20). The first-order valence-electron chi connectivity index (χ1n) is 6.36. The highest BCUT2D eigenvalue weighted by Crippen LogP contribution is 2.16. The first kappa shape index (κ1) is 13.4. The van der Waals surface area contributed by atoms with Crippen molar-refractivity contribution in [3.63, 3.8) is 0 Å². The van der Waals surface area contributed by atoms with Crippen LogP contribution in [0.5, 0.6) is 0 Å². The van der Waals surface area contributed by atoms with Gasteiger partial charge in [-0.2, -0.15) is 11.3 Å². The SMILES string of the molecule is Cc1ccc2[nH]c(C(=O)NNC(=O)c3ccsc3)cc2c1. The number of aryl methyl sites for hydroxylation is 1. The minimum Gasteiger partial charge on any atom is -0.350 e. The fourth-order valence-electron chi connectivity index (χ4n) is 2.02. The summed E-state index contributed by atoms with van der Waals surface area (Å²) in [5, 5.41) is 4.48. The first-order chi connectivity index (χ1) is 10.1. The predicted octanol–water partition coefficient (Wildman–Crippen LogP) is 2.61. The van der Waals surface area contributed by atoms with Gasteiger partial charge in [-0.05, 0) is 36.6 Å². The normalized spacial score (nSPS) is 10.5. The number of amides is 2. The van der Waals surface area contributed by atoms with Crippen LogP contribution in [0, 0.1) is 6.92 Å². The van der Waals surface area contributed by atoms with Gasteiger partial charge >= 0.3 is 0 Å². The van der Waals surface area contributed by atoms with Gasteiger partial charge in [0.25, 0.3) is 11.8 Å². The molecule has 2 aromatic heterocycles. The molecule has 3 aromatic rings. The molecule has 0 aliphatic rings. The van der Waals surface area contributed by atoms with Gasteiger partial charge in [-0.1, -0.05) is 11.6 Å². The molecule has 3 rings (SSSR count). The van der Waals surface area contributed by atoms with Crippen LogP contribution in [0.1, 0.15) is 26.4 Å². The monoisotopic (exact) mass is 299 g/mol. The van der Waals surface area contributed by atoms with Crippen LogP contribution in [-0.2, 0) is 0 Å². The van der Waals surface area contributed by atoms with E-state index in [0.717, 1.165) is 16.5 Å². The highest BCUT2D eigenvalue weighted by atomic mass is 32.1. The van der Waals surface area contributed by atoms with Crippen LogP contribution in [0.4, 0.5) is 0 Å². The van der Waals surface area contributed by atoms with Crippen LogP contribution in [0.15, 0.2) is 41.1 Å². The number of aromatic nitrogens is 1. The maximum absolute atomic E-state index is 12.0. The summed E-state index contributed by atoms with van der Waals surface area (Å²) >= 11 is 1.42. The summed E-state index contributed by atoms with van der Waals surface area (Å²) in [6, 6.07) is 9.34. The van der Waals surface area contributed by atoms with E-state index in [4.69, 9.17) is 0 Å². The van der Waals surface area contributed by atoms with Crippen molar-refractivity contribution in [3.05, 3.63) is 57.9 Å². The molecule has 0 atom stereocenters. The van der Waals surface area contributed by atoms with Crippen LogP contribution < -0.4 is 10.9 Å². The van der Waals surface area contributed by atoms with Crippen molar-refractivity contribution in [2.75, 3.05) is 0 Å². The summed E-state index contributed by atoms with van der Waals surface area (Å²) < 4.78 is 0. The zero-order valence-corrected chi connectivity index (χ0v) is 12.1. The van der Waals surface area contributed by atoms with E-state index in [2.05, 4.69) is 15.8 Å². The molecule has 0 unspecified atom stereocenters. The molecule has 21 heavy (non-hydrogen) atoms.